The summed E-state index contributed by atoms with van der Waals surface area (Å²) in [7, 11) is 0. The van der Waals surface area contributed by atoms with E-state index < -0.39 is 0 Å². The fraction of sp³-hybridized carbons (Fsp3) is 0.538. The predicted molar refractivity (Wildman–Crippen MR) is 72.9 cm³/mol. The van der Waals surface area contributed by atoms with Gasteiger partial charge in [-0.25, -0.2) is 4.98 Å². The fourth-order valence-corrected chi connectivity index (χ4v) is 2.11. The van der Waals surface area contributed by atoms with Gasteiger partial charge in [-0.1, -0.05) is 6.92 Å². The highest BCUT2D eigenvalue weighted by Gasteiger charge is 2.17. The van der Waals surface area contributed by atoms with Gasteiger partial charge in [-0.3, -0.25) is 4.79 Å². The number of anilines is 2. The standard InChI is InChI=1S/C13H20N4O/c1-2-14-10-12(18)16-11-6-5-7-15-13(11)17-8-3-4-9-17/h5-7,14H,2-4,8-10H2,1H3,(H,16,18). The molecule has 0 saturated carbocycles. The number of amides is 1. The van der Waals surface area contributed by atoms with E-state index in [9.17, 15) is 4.79 Å². The van der Waals surface area contributed by atoms with Gasteiger partial charge in [0.25, 0.3) is 0 Å². The molecule has 0 bridgehead atoms. The van der Waals surface area contributed by atoms with Crippen LogP contribution in [0.5, 0.6) is 0 Å². The summed E-state index contributed by atoms with van der Waals surface area (Å²) in [6.45, 7) is 5.15. The highest BCUT2D eigenvalue weighted by atomic mass is 16.1. The van der Waals surface area contributed by atoms with Crippen LogP contribution in [0.2, 0.25) is 0 Å². The topological polar surface area (TPSA) is 57.3 Å². The van der Waals surface area contributed by atoms with Crippen LogP contribution < -0.4 is 15.5 Å². The Labute approximate surface area is 108 Å². The van der Waals surface area contributed by atoms with Crippen molar-refractivity contribution < 1.29 is 4.79 Å². The van der Waals surface area contributed by atoms with E-state index in [-0.39, 0.29) is 5.91 Å². The molecular weight excluding hydrogens is 228 g/mol. The molecule has 1 saturated heterocycles. The Morgan fingerprint density at radius 2 is 2.22 bits per heavy atom. The molecule has 1 amide bonds. The molecule has 1 aromatic rings. The quantitative estimate of drug-likeness (QED) is 0.823. The molecule has 0 aromatic carbocycles. The van der Waals surface area contributed by atoms with Gasteiger partial charge in [0.2, 0.25) is 5.91 Å². The second kappa shape index (κ2) is 6.35. The van der Waals surface area contributed by atoms with Gasteiger partial charge in [0.05, 0.1) is 12.2 Å². The van der Waals surface area contributed by atoms with Gasteiger partial charge in [-0.15, -0.1) is 0 Å². The number of nitrogens with one attached hydrogen (secondary N) is 2. The first-order valence-electron chi connectivity index (χ1n) is 6.52. The van der Waals surface area contributed by atoms with Crippen LogP contribution in [0.25, 0.3) is 0 Å². The number of carbonyl (C=O) groups is 1. The monoisotopic (exact) mass is 248 g/mol. The molecule has 1 fully saturated rings. The smallest absolute Gasteiger partial charge is 0.238 e. The van der Waals surface area contributed by atoms with E-state index in [1.54, 1.807) is 6.20 Å². The molecular formula is C13H20N4O. The molecule has 5 heteroatoms. The minimum atomic E-state index is -0.0229. The van der Waals surface area contributed by atoms with Crippen molar-refractivity contribution in [3.8, 4) is 0 Å². The van der Waals surface area contributed by atoms with Crippen LogP contribution in [-0.2, 0) is 4.79 Å². The summed E-state index contributed by atoms with van der Waals surface area (Å²) in [4.78, 5) is 18.3. The van der Waals surface area contributed by atoms with Gasteiger partial charge < -0.3 is 15.5 Å². The lowest BCUT2D eigenvalue weighted by molar-refractivity contribution is -0.115. The second-order valence-corrected chi connectivity index (χ2v) is 4.40. The number of aromatic nitrogens is 1. The molecule has 1 aliphatic rings. The van der Waals surface area contributed by atoms with Gasteiger partial charge in [0, 0.05) is 19.3 Å². The molecule has 0 atom stereocenters. The molecule has 98 valence electrons. The average molecular weight is 248 g/mol. The van der Waals surface area contributed by atoms with E-state index in [1.807, 2.05) is 19.1 Å². The fourth-order valence-electron chi connectivity index (χ4n) is 2.11. The third-order valence-corrected chi connectivity index (χ3v) is 3.00. The maximum absolute atomic E-state index is 11.7. The van der Waals surface area contributed by atoms with Gasteiger partial charge in [0.1, 0.15) is 0 Å². The number of likely N-dealkylation sites (N-methyl/N-ethyl adjacent to an activating group) is 1. The summed E-state index contributed by atoms with van der Waals surface area (Å²) in [5, 5.41) is 5.93. The summed E-state index contributed by atoms with van der Waals surface area (Å²) in [5.74, 6) is 0.866. The highest BCUT2D eigenvalue weighted by Crippen LogP contribution is 2.25. The van der Waals surface area contributed by atoms with Crippen molar-refractivity contribution >= 4 is 17.4 Å². The van der Waals surface area contributed by atoms with E-state index in [2.05, 4.69) is 20.5 Å². The average Bonchev–Trinajstić information content (AvgIpc) is 2.91. The van der Waals surface area contributed by atoms with Crippen molar-refractivity contribution in [2.24, 2.45) is 0 Å². The van der Waals surface area contributed by atoms with Crippen LogP contribution >= 0.6 is 0 Å². The Kier molecular flexibility index (Phi) is 4.52. The molecule has 2 N–H and O–H groups in total. The van der Waals surface area contributed by atoms with Gasteiger partial charge in [-0.2, -0.15) is 0 Å². The van der Waals surface area contributed by atoms with Crippen molar-refractivity contribution in [3.63, 3.8) is 0 Å². The van der Waals surface area contributed by atoms with Crippen molar-refractivity contribution in [1.29, 1.82) is 0 Å². The number of carbonyl (C=O) groups excluding carboxylic acids is 1. The zero-order valence-corrected chi connectivity index (χ0v) is 10.8. The number of pyridine rings is 1. The lowest BCUT2D eigenvalue weighted by atomic mass is 10.3. The first-order valence-corrected chi connectivity index (χ1v) is 6.52. The maximum atomic E-state index is 11.7. The van der Waals surface area contributed by atoms with Crippen LogP contribution in [0.1, 0.15) is 19.8 Å². The number of rotatable bonds is 5. The zero-order chi connectivity index (χ0) is 12.8. The Bertz CT molecular complexity index is 402. The third kappa shape index (κ3) is 3.20. The normalized spacial score (nSPS) is 14.8. The molecule has 1 aromatic heterocycles. The van der Waals surface area contributed by atoms with Crippen LogP contribution in [0, 0.1) is 0 Å². The van der Waals surface area contributed by atoms with Crippen molar-refractivity contribution in [1.82, 2.24) is 10.3 Å². The van der Waals surface area contributed by atoms with E-state index >= 15 is 0 Å². The summed E-state index contributed by atoms with van der Waals surface area (Å²) in [5.41, 5.74) is 0.808. The lowest BCUT2D eigenvalue weighted by Crippen LogP contribution is -2.29. The van der Waals surface area contributed by atoms with Crippen LogP contribution in [0.15, 0.2) is 18.3 Å². The Hall–Kier alpha value is -1.62. The molecule has 0 unspecified atom stereocenters. The molecule has 0 aliphatic carbocycles. The molecule has 5 nitrogen and oxygen atoms in total. The summed E-state index contributed by atoms with van der Waals surface area (Å²) in [6, 6.07) is 3.76. The van der Waals surface area contributed by atoms with E-state index in [0.29, 0.717) is 6.54 Å². The predicted octanol–water partition coefficient (Wildman–Crippen LogP) is 1.23. The summed E-state index contributed by atoms with van der Waals surface area (Å²) in [6.07, 6.45) is 4.16. The molecule has 0 radical (unpaired) electrons. The molecule has 1 aliphatic heterocycles. The molecule has 2 rings (SSSR count). The first kappa shape index (κ1) is 12.8. The Morgan fingerprint density at radius 3 is 2.94 bits per heavy atom. The maximum Gasteiger partial charge on any atom is 0.238 e. The van der Waals surface area contributed by atoms with Gasteiger partial charge in [0.15, 0.2) is 5.82 Å². The largest absolute Gasteiger partial charge is 0.355 e. The zero-order valence-electron chi connectivity index (χ0n) is 10.8. The minimum Gasteiger partial charge on any atom is -0.355 e. The molecule has 18 heavy (non-hydrogen) atoms. The highest BCUT2D eigenvalue weighted by molar-refractivity contribution is 5.94. The SMILES string of the molecule is CCNCC(=O)Nc1cccnc1N1CCCC1. The van der Waals surface area contributed by atoms with Crippen LogP contribution in [0.3, 0.4) is 0 Å². The third-order valence-electron chi connectivity index (χ3n) is 3.00. The van der Waals surface area contributed by atoms with E-state index in [4.69, 9.17) is 0 Å². The first-order chi connectivity index (χ1) is 8.81. The summed E-state index contributed by atoms with van der Waals surface area (Å²) < 4.78 is 0. The van der Waals surface area contributed by atoms with Crippen LogP contribution in [-0.4, -0.2) is 37.1 Å². The summed E-state index contributed by atoms with van der Waals surface area (Å²) >= 11 is 0. The Balaban J connectivity index is 2.05. The Morgan fingerprint density at radius 1 is 1.44 bits per heavy atom. The van der Waals surface area contributed by atoms with Crippen molar-refractivity contribution in [2.75, 3.05) is 36.4 Å². The number of hydrogen-bond donors (Lipinski definition) is 2. The second-order valence-electron chi connectivity index (χ2n) is 4.40. The van der Waals surface area contributed by atoms with E-state index in [0.717, 1.165) is 31.1 Å². The van der Waals surface area contributed by atoms with Crippen LogP contribution in [0.4, 0.5) is 11.5 Å². The van der Waals surface area contributed by atoms with Crippen molar-refractivity contribution in [3.05, 3.63) is 18.3 Å². The van der Waals surface area contributed by atoms with Crippen molar-refractivity contribution in [2.45, 2.75) is 19.8 Å². The van der Waals surface area contributed by atoms with E-state index in [1.165, 1.54) is 12.8 Å². The number of hydrogen-bond acceptors (Lipinski definition) is 4. The minimum absolute atomic E-state index is 0.0229. The lowest BCUT2D eigenvalue weighted by Gasteiger charge is -2.19. The molecule has 2 heterocycles. The van der Waals surface area contributed by atoms with Gasteiger partial charge in [-0.05, 0) is 31.5 Å². The number of nitrogens with zero attached hydrogens (tertiary/aromatic N) is 2. The molecule has 0 spiro atoms. The van der Waals surface area contributed by atoms with Gasteiger partial charge >= 0.3 is 0 Å².